The Bertz CT molecular complexity index is 928. The van der Waals surface area contributed by atoms with E-state index in [9.17, 15) is 4.79 Å². The number of carbonyl (C=O) groups excluding carboxylic acids is 1. The molecule has 0 saturated carbocycles. The highest BCUT2D eigenvalue weighted by Gasteiger charge is 2.15. The number of benzene rings is 2. The van der Waals surface area contributed by atoms with Gasteiger partial charge in [0.1, 0.15) is 0 Å². The summed E-state index contributed by atoms with van der Waals surface area (Å²) in [6.07, 6.45) is 0. The van der Waals surface area contributed by atoms with E-state index in [4.69, 9.17) is 16.3 Å². The first-order chi connectivity index (χ1) is 13.1. The molecule has 1 amide bonds. The number of nitrogens with zero attached hydrogens (tertiary/aromatic N) is 3. The van der Waals surface area contributed by atoms with Gasteiger partial charge in [-0.1, -0.05) is 47.6 Å². The van der Waals surface area contributed by atoms with E-state index < -0.39 is 0 Å². The van der Waals surface area contributed by atoms with Gasteiger partial charge in [0.2, 0.25) is 5.91 Å². The van der Waals surface area contributed by atoms with Crippen molar-refractivity contribution in [3.63, 3.8) is 0 Å². The van der Waals surface area contributed by atoms with Gasteiger partial charge in [-0.05, 0) is 29.8 Å². The van der Waals surface area contributed by atoms with Crippen LogP contribution in [0.3, 0.4) is 0 Å². The quantitative estimate of drug-likeness (QED) is 0.531. The second-order valence-corrected chi connectivity index (χ2v) is 7.57. The maximum Gasteiger partial charge on any atom is 0.233 e. The number of halogens is 1. The van der Waals surface area contributed by atoms with Crippen molar-refractivity contribution in [1.82, 2.24) is 14.5 Å². The fourth-order valence-corrected chi connectivity index (χ4v) is 3.99. The van der Waals surface area contributed by atoms with Crippen LogP contribution in [0.4, 0.5) is 0 Å². The van der Waals surface area contributed by atoms with Crippen molar-refractivity contribution in [3.8, 4) is 0 Å². The fraction of sp³-hybridized carbons (Fsp3) is 0.300. The average molecular weight is 404 g/mol. The molecule has 0 aliphatic rings. The van der Waals surface area contributed by atoms with Gasteiger partial charge in [-0.2, -0.15) is 0 Å². The van der Waals surface area contributed by atoms with E-state index in [1.54, 1.807) is 19.1 Å². The molecule has 3 rings (SSSR count). The number of methoxy groups -OCH3 is 1. The Balaban J connectivity index is 1.67. The van der Waals surface area contributed by atoms with Crippen molar-refractivity contribution in [2.75, 3.05) is 26.5 Å². The SMILES string of the molecule is COCCn1c(SCC(=O)N(C)Cc2cccc(Cl)c2)nc2ccccc21. The molecule has 2 aromatic carbocycles. The van der Waals surface area contributed by atoms with Gasteiger partial charge in [-0.3, -0.25) is 4.79 Å². The van der Waals surface area contributed by atoms with Crippen LogP contribution in [0.1, 0.15) is 5.56 Å². The zero-order valence-electron chi connectivity index (χ0n) is 15.4. The number of aromatic nitrogens is 2. The third-order valence-electron chi connectivity index (χ3n) is 4.20. The molecule has 27 heavy (non-hydrogen) atoms. The molecule has 0 N–H and O–H groups in total. The minimum Gasteiger partial charge on any atom is -0.383 e. The number of ether oxygens (including phenoxy) is 1. The van der Waals surface area contributed by atoms with Crippen molar-refractivity contribution in [2.24, 2.45) is 0 Å². The van der Waals surface area contributed by atoms with E-state index in [2.05, 4.69) is 9.55 Å². The van der Waals surface area contributed by atoms with E-state index in [0.717, 1.165) is 21.8 Å². The molecule has 1 heterocycles. The standard InChI is InChI=1S/C20H22ClN3O2S/c1-23(13-15-6-5-7-16(21)12-15)19(25)14-27-20-22-17-8-3-4-9-18(17)24(20)10-11-26-2/h3-9,12H,10-11,13-14H2,1-2H3. The monoisotopic (exact) mass is 403 g/mol. The molecule has 0 saturated heterocycles. The van der Waals surface area contributed by atoms with Crippen LogP contribution < -0.4 is 0 Å². The maximum atomic E-state index is 12.6. The van der Waals surface area contributed by atoms with Crippen LogP contribution in [0.25, 0.3) is 11.0 Å². The minimum atomic E-state index is 0.0466. The summed E-state index contributed by atoms with van der Waals surface area (Å²) in [6, 6.07) is 15.5. The lowest BCUT2D eigenvalue weighted by Crippen LogP contribution is -2.27. The number of thioether (sulfide) groups is 1. The van der Waals surface area contributed by atoms with Crippen molar-refractivity contribution < 1.29 is 9.53 Å². The van der Waals surface area contributed by atoms with E-state index >= 15 is 0 Å². The smallest absolute Gasteiger partial charge is 0.233 e. The van der Waals surface area contributed by atoms with E-state index in [0.29, 0.717) is 30.5 Å². The number of fused-ring (bicyclic) bond motifs is 1. The van der Waals surface area contributed by atoms with Gasteiger partial charge in [0.25, 0.3) is 0 Å². The Kier molecular flexibility index (Phi) is 6.77. The van der Waals surface area contributed by atoms with Crippen LogP contribution in [0.2, 0.25) is 5.02 Å². The van der Waals surface area contributed by atoms with Gasteiger partial charge in [0.15, 0.2) is 5.16 Å². The van der Waals surface area contributed by atoms with Crippen LogP contribution >= 0.6 is 23.4 Å². The van der Waals surface area contributed by atoms with Gasteiger partial charge in [0, 0.05) is 32.3 Å². The highest BCUT2D eigenvalue weighted by Crippen LogP contribution is 2.24. The van der Waals surface area contributed by atoms with Gasteiger partial charge >= 0.3 is 0 Å². The van der Waals surface area contributed by atoms with Crippen molar-refractivity contribution in [1.29, 1.82) is 0 Å². The third-order valence-corrected chi connectivity index (χ3v) is 5.39. The zero-order valence-corrected chi connectivity index (χ0v) is 17.0. The molecule has 0 aliphatic carbocycles. The number of amides is 1. The third kappa shape index (κ3) is 5.03. The summed E-state index contributed by atoms with van der Waals surface area (Å²) in [6.45, 7) is 1.82. The zero-order chi connectivity index (χ0) is 19.2. The van der Waals surface area contributed by atoms with E-state index in [-0.39, 0.29) is 5.91 Å². The van der Waals surface area contributed by atoms with E-state index in [1.807, 2.05) is 48.5 Å². The highest BCUT2D eigenvalue weighted by atomic mass is 35.5. The Morgan fingerprint density at radius 1 is 1.26 bits per heavy atom. The van der Waals surface area contributed by atoms with E-state index in [1.165, 1.54) is 11.8 Å². The summed E-state index contributed by atoms with van der Waals surface area (Å²) in [7, 11) is 3.48. The molecule has 0 fully saturated rings. The molecular formula is C20H22ClN3O2S. The molecule has 0 atom stereocenters. The molecular weight excluding hydrogens is 382 g/mol. The Morgan fingerprint density at radius 2 is 2.07 bits per heavy atom. The van der Waals surface area contributed by atoms with Crippen molar-refractivity contribution in [2.45, 2.75) is 18.2 Å². The first-order valence-electron chi connectivity index (χ1n) is 8.64. The fourth-order valence-electron chi connectivity index (χ4n) is 2.80. The maximum absolute atomic E-state index is 12.6. The first kappa shape index (κ1) is 19.7. The molecule has 0 unspecified atom stereocenters. The normalized spacial score (nSPS) is 11.1. The molecule has 5 nitrogen and oxygen atoms in total. The van der Waals surface area contributed by atoms with Crippen LogP contribution in [-0.2, 0) is 22.6 Å². The lowest BCUT2D eigenvalue weighted by Gasteiger charge is -2.17. The largest absolute Gasteiger partial charge is 0.383 e. The van der Waals surface area contributed by atoms with Gasteiger partial charge in [-0.15, -0.1) is 0 Å². The van der Waals surface area contributed by atoms with Gasteiger partial charge in [-0.25, -0.2) is 4.98 Å². The lowest BCUT2D eigenvalue weighted by molar-refractivity contribution is -0.127. The second-order valence-electron chi connectivity index (χ2n) is 6.20. The van der Waals surface area contributed by atoms with Gasteiger partial charge in [0.05, 0.1) is 23.4 Å². The predicted molar refractivity (Wildman–Crippen MR) is 110 cm³/mol. The summed E-state index contributed by atoms with van der Waals surface area (Å²) in [5.41, 5.74) is 2.99. The Morgan fingerprint density at radius 3 is 2.85 bits per heavy atom. The summed E-state index contributed by atoms with van der Waals surface area (Å²) in [4.78, 5) is 18.9. The molecule has 0 bridgehead atoms. The second kappa shape index (κ2) is 9.26. The molecule has 142 valence electrons. The number of hydrogen-bond donors (Lipinski definition) is 0. The molecule has 0 aliphatic heterocycles. The highest BCUT2D eigenvalue weighted by molar-refractivity contribution is 7.99. The minimum absolute atomic E-state index is 0.0466. The number of rotatable bonds is 8. The van der Waals surface area contributed by atoms with Crippen molar-refractivity contribution in [3.05, 3.63) is 59.1 Å². The predicted octanol–water partition coefficient (Wildman–Crippen LogP) is 4.09. The van der Waals surface area contributed by atoms with Gasteiger partial charge < -0.3 is 14.2 Å². The molecule has 0 radical (unpaired) electrons. The Labute approximate surface area is 168 Å². The molecule has 7 heteroatoms. The number of hydrogen-bond acceptors (Lipinski definition) is 4. The summed E-state index contributed by atoms with van der Waals surface area (Å²) in [5, 5.41) is 1.51. The number of para-hydroxylation sites is 2. The average Bonchev–Trinajstić information content (AvgIpc) is 3.01. The van der Waals surface area contributed by atoms with Crippen LogP contribution in [0.5, 0.6) is 0 Å². The summed E-state index contributed by atoms with van der Waals surface area (Å²) < 4.78 is 7.32. The topological polar surface area (TPSA) is 47.4 Å². The number of imidazole rings is 1. The molecule has 0 spiro atoms. The Hall–Kier alpha value is -2.02. The van der Waals surface area contributed by atoms with Crippen molar-refractivity contribution >= 4 is 40.3 Å². The van der Waals surface area contributed by atoms with Crippen LogP contribution in [0, 0.1) is 0 Å². The van der Waals surface area contributed by atoms with Crippen LogP contribution in [-0.4, -0.2) is 46.9 Å². The van der Waals surface area contributed by atoms with Crippen LogP contribution in [0.15, 0.2) is 53.7 Å². The lowest BCUT2D eigenvalue weighted by atomic mass is 10.2. The number of carbonyl (C=O) groups is 1. The molecule has 3 aromatic rings. The summed E-state index contributed by atoms with van der Waals surface area (Å²) in [5.74, 6) is 0.373. The first-order valence-corrected chi connectivity index (χ1v) is 10.00. The molecule has 1 aromatic heterocycles. The summed E-state index contributed by atoms with van der Waals surface area (Å²) >= 11 is 7.47.